The summed E-state index contributed by atoms with van der Waals surface area (Å²) in [6.45, 7) is 2.12. The fourth-order valence-electron chi connectivity index (χ4n) is 1.87. The number of fused-ring (bicyclic) bond motifs is 1. The number of aliphatic carboxylic acids is 1. The van der Waals surface area contributed by atoms with Gasteiger partial charge in [-0.1, -0.05) is 48.2 Å². The van der Waals surface area contributed by atoms with Crippen molar-refractivity contribution in [1.82, 2.24) is 0 Å². The number of ether oxygens (including phenoxy) is 1. The lowest BCUT2D eigenvalue weighted by atomic mass is 10.1. The average Bonchev–Trinajstić information content (AvgIpc) is 2.50. The summed E-state index contributed by atoms with van der Waals surface area (Å²) in [7, 11) is 0. The molecule has 0 radical (unpaired) electrons. The van der Waals surface area contributed by atoms with E-state index < -0.39 is 5.97 Å². The molecule has 0 amide bonds. The summed E-state index contributed by atoms with van der Waals surface area (Å²) < 4.78 is 5.51. The van der Waals surface area contributed by atoms with Gasteiger partial charge in [0.25, 0.3) is 0 Å². The Morgan fingerprint density at radius 2 is 2.00 bits per heavy atom. The summed E-state index contributed by atoms with van der Waals surface area (Å²) in [5, 5.41) is 11.2. The number of hydrogen-bond donors (Lipinski definition) is 1. The van der Waals surface area contributed by atoms with Crippen molar-refractivity contribution < 1.29 is 14.6 Å². The molecule has 0 fully saturated rings. The van der Waals surface area contributed by atoms with E-state index >= 15 is 0 Å². The molecule has 21 heavy (non-hydrogen) atoms. The third-order valence-electron chi connectivity index (χ3n) is 3.08. The summed E-state index contributed by atoms with van der Waals surface area (Å²) in [6, 6.07) is 14.6. The van der Waals surface area contributed by atoms with Crippen LogP contribution in [0.4, 0.5) is 0 Å². The van der Waals surface area contributed by atoms with Crippen molar-refractivity contribution in [2.24, 2.45) is 0 Å². The largest absolute Gasteiger partial charge is 0.478 e. The number of carboxylic acids is 1. The number of rotatable bonds is 7. The second kappa shape index (κ2) is 7.86. The fraction of sp³-hybridized carbons (Fsp3) is 0.235. The number of hydrogen-bond acceptors (Lipinski definition) is 3. The van der Waals surface area contributed by atoms with Crippen LogP contribution < -0.4 is 0 Å². The molecule has 0 bridgehead atoms. The van der Waals surface area contributed by atoms with Crippen LogP contribution in [0.1, 0.15) is 13.3 Å². The monoisotopic (exact) mass is 302 g/mol. The first-order chi connectivity index (χ1) is 10.2. The van der Waals surface area contributed by atoms with E-state index in [1.54, 1.807) is 24.8 Å². The van der Waals surface area contributed by atoms with Crippen molar-refractivity contribution >= 4 is 28.5 Å². The topological polar surface area (TPSA) is 46.5 Å². The van der Waals surface area contributed by atoms with Gasteiger partial charge in [0.05, 0.1) is 12.5 Å². The van der Waals surface area contributed by atoms with E-state index in [1.807, 2.05) is 12.1 Å². The molecule has 2 aromatic carbocycles. The molecule has 0 atom stereocenters. The zero-order chi connectivity index (χ0) is 15.1. The molecule has 0 aliphatic heterocycles. The lowest BCUT2D eigenvalue weighted by Crippen LogP contribution is -1.98. The highest BCUT2D eigenvalue weighted by Gasteiger charge is 1.99. The van der Waals surface area contributed by atoms with Crippen molar-refractivity contribution in [2.75, 3.05) is 12.5 Å². The van der Waals surface area contributed by atoms with Gasteiger partial charge in [-0.3, -0.25) is 0 Å². The van der Waals surface area contributed by atoms with E-state index in [0.29, 0.717) is 24.5 Å². The highest BCUT2D eigenvalue weighted by atomic mass is 32.2. The molecule has 4 heteroatoms. The van der Waals surface area contributed by atoms with Crippen LogP contribution in [0.2, 0.25) is 0 Å². The minimum Gasteiger partial charge on any atom is -0.478 e. The van der Waals surface area contributed by atoms with Gasteiger partial charge in [-0.25, -0.2) is 4.79 Å². The van der Waals surface area contributed by atoms with E-state index in [4.69, 9.17) is 9.84 Å². The Kier molecular flexibility index (Phi) is 5.84. The highest BCUT2D eigenvalue weighted by Crippen LogP contribution is 2.23. The van der Waals surface area contributed by atoms with E-state index in [1.165, 1.54) is 15.7 Å². The molecular formula is C17H18O3S. The summed E-state index contributed by atoms with van der Waals surface area (Å²) in [5.41, 5.74) is 0.362. The van der Waals surface area contributed by atoms with Gasteiger partial charge in [0, 0.05) is 10.5 Å². The number of benzene rings is 2. The van der Waals surface area contributed by atoms with E-state index in [9.17, 15) is 4.79 Å². The Morgan fingerprint density at radius 1 is 1.24 bits per heavy atom. The molecule has 2 aromatic rings. The maximum Gasteiger partial charge on any atom is 0.330 e. The van der Waals surface area contributed by atoms with Crippen molar-refractivity contribution in [2.45, 2.75) is 18.2 Å². The van der Waals surface area contributed by atoms with Gasteiger partial charge in [0.15, 0.2) is 0 Å². The normalized spacial score (nSPS) is 11.8. The fourth-order valence-corrected chi connectivity index (χ4v) is 2.58. The smallest absolute Gasteiger partial charge is 0.330 e. The van der Waals surface area contributed by atoms with Crippen LogP contribution >= 0.6 is 11.8 Å². The lowest BCUT2D eigenvalue weighted by Gasteiger charge is -2.04. The van der Waals surface area contributed by atoms with Crippen LogP contribution in [0.5, 0.6) is 0 Å². The first-order valence-corrected chi connectivity index (χ1v) is 7.75. The molecule has 0 saturated heterocycles. The number of carboxylic acid groups (broad SMARTS) is 1. The predicted molar refractivity (Wildman–Crippen MR) is 86.6 cm³/mol. The molecule has 0 aromatic heterocycles. The quantitative estimate of drug-likeness (QED) is 0.358. The van der Waals surface area contributed by atoms with Gasteiger partial charge in [-0.15, -0.1) is 0 Å². The van der Waals surface area contributed by atoms with Gasteiger partial charge in [-0.05, 0) is 36.2 Å². The van der Waals surface area contributed by atoms with E-state index in [-0.39, 0.29) is 0 Å². The Labute approximate surface area is 128 Å². The SMILES string of the molecule is CC(=CCCOCSc1ccc2ccccc2c1)C(=O)O. The second-order valence-corrected chi connectivity index (χ2v) is 5.66. The van der Waals surface area contributed by atoms with Crippen molar-refractivity contribution in [1.29, 1.82) is 0 Å². The summed E-state index contributed by atoms with van der Waals surface area (Å²) in [6.07, 6.45) is 2.30. The number of thioether (sulfide) groups is 1. The third-order valence-corrected chi connectivity index (χ3v) is 3.95. The van der Waals surface area contributed by atoms with Crippen molar-refractivity contribution in [3.63, 3.8) is 0 Å². The Bertz CT molecular complexity index is 649. The molecule has 2 rings (SSSR count). The average molecular weight is 302 g/mol. The predicted octanol–water partition coefficient (Wildman–Crippen LogP) is 4.33. The molecule has 110 valence electrons. The highest BCUT2D eigenvalue weighted by molar-refractivity contribution is 7.99. The van der Waals surface area contributed by atoms with Crippen LogP contribution in [0.15, 0.2) is 59.0 Å². The molecule has 0 heterocycles. The lowest BCUT2D eigenvalue weighted by molar-refractivity contribution is -0.132. The Balaban J connectivity index is 1.75. The maximum absolute atomic E-state index is 10.6. The molecule has 0 aliphatic carbocycles. The summed E-state index contributed by atoms with van der Waals surface area (Å²) in [5.74, 6) is -0.307. The molecule has 0 unspecified atom stereocenters. The Morgan fingerprint density at radius 3 is 2.76 bits per heavy atom. The van der Waals surface area contributed by atoms with Gasteiger partial charge >= 0.3 is 5.97 Å². The third kappa shape index (κ3) is 4.92. The van der Waals surface area contributed by atoms with Gasteiger partial charge in [0.1, 0.15) is 0 Å². The van der Waals surface area contributed by atoms with Crippen LogP contribution in [-0.2, 0) is 9.53 Å². The van der Waals surface area contributed by atoms with E-state index in [2.05, 4.69) is 30.3 Å². The number of carbonyl (C=O) groups is 1. The van der Waals surface area contributed by atoms with Gasteiger partial charge in [0.2, 0.25) is 0 Å². The van der Waals surface area contributed by atoms with Gasteiger partial charge < -0.3 is 9.84 Å². The summed E-state index contributed by atoms with van der Waals surface area (Å²) in [4.78, 5) is 11.8. The second-order valence-electron chi connectivity index (χ2n) is 4.66. The zero-order valence-corrected chi connectivity index (χ0v) is 12.7. The Hall–Kier alpha value is -1.78. The standard InChI is InChI=1S/C17H18O3S/c1-13(17(18)19)5-4-10-20-12-21-16-9-8-14-6-2-3-7-15(14)11-16/h2-3,5-9,11H,4,10,12H2,1H3,(H,18,19). The van der Waals surface area contributed by atoms with Crippen molar-refractivity contribution in [3.05, 3.63) is 54.1 Å². The molecule has 1 N–H and O–H groups in total. The first-order valence-electron chi connectivity index (χ1n) is 6.76. The minimum atomic E-state index is -0.875. The van der Waals surface area contributed by atoms with Crippen LogP contribution in [-0.4, -0.2) is 23.6 Å². The van der Waals surface area contributed by atoms with Crippen LogP contribution in [0.3, 0.4) is 0 Å². The van der Waals surface area contributed by atoms with E-state index in [0.717, 1.165) is 0 Å². The maximum atomic E-state index is 10.6. The van der Waals surface area contributed by atoms with Crippen LogP contribution in [0.25, 0.3) is 10.8 Å². The molecular weight excluding hydrogens is 284 g/mol. The molecule has 3 nitrogen and oxygen atoms in total. The minimum absolute atomic E-state index is 0.362. The van der Waals surface area contributed by atoms with Gasteiger partial charge in [-0.2, -0.15) is 0 Å². The van der Waals surface area contributed by atoms with Crippen LogP contribution in [0, 0.1) is 0 Å². The molecule has 0 saturated carbocycles. The summed E-state index contributed by atoms with van der Waals surface area (Å²) >= 11 is 1.64. The zero-order valence-electron chi connectivity index (χ0n) is 11.9. The molecule has 0 aliphatic rings. The van der Waals surface area contributed by atoms with Crippen molar-refractivity contribution in [3.8, 4) is 0 Å². The first kappa shape index (κ1) is 15.6. The molecule has 0 spiro atoms.